The van der Waals surface area contributed by atoms with Crippen molar-refractivity contribution in [1.82, 2.24) is 10.2 Å². The zero-order valence-electron chi connectivity index (χ0n) is 14.3. The molecule has 2 fully saturated rings. The molecule has 0 aliphatic carbocycles. The molecule has 2 aliphatic heterocycles. The van der Waals surface area contributed by atoms with Crippen molar-refractivity contribution in [2.45, 2.75) is 17.7 Å². The first-order chi connectivity index (χ1) is 11.7. The zero-order valence-corrected chi connectivity index (χ0v) is 15.9. The van der Waals surface area contributed by atoms with Crippen molar-refractivity contribution in [3.8, 4) is 0 Å². The average molecular weight is 367 g/mol. The fourth-order valence-corrected chi connectivity index (χ4v) is 5.40. The third kappa shape index (κ3) is 4.28. The third-order valence-electron chi connectivity index (χ3n) is 4.87. The Kier molecular flexibility index (Phi) is 6.49. The molecule has 0 saturated carbocycles. The summed E-state index contributed by atoms with van der Waals surface area (Å²) >= 11 is 3.79. The molecule has 132 valence electrons. The summed E-state index contributed by atoms with van der Waals surface area (Å²) in [6.07, 6.45) is 3.23. The second-order valence-corrected chi connectivity index (χ2v) is 8.41. The number of nitrogens with one attached hydrogen (secondary N) is 1. The van der Waals surface area contributed by atoms with E-state index in [2.05, 4.69) is 28.6 Å². The van der Waals surface area contributed by atoms with E-state index in [0.717, 1.165) is 56.3 Å². The van der Waals surface area contributed by atoms with Gasteiger partial charge in [0.2, 0.25) is 0 Å². The molecule has 2 saturated heterocycles. The van der Waals surface area contributed by atoms with Gasteiger partial charge in [-0.1, -0.05) is 12.1 Å². The Morgan fingerprint density at radius 2 is 2.08 bits per heavy atom. The Morgan fingerprint density at radius 3 is 2.71 bits per heavy atom. The van der Waals surface area contributed by atoms with Gasteiger partial charge >= 0.3 is 0 Å². The number of carbonyl (C=O) groups is 1. The van der Waals surface area contributed by atoms with E-state index in [1.807, 2.05) is 23.9 Å². The van der Waals surface area contributed by atoms with E-state index in [-0.39, 0.29) is 11.4 Å². The maximum Gasteiger partial charge on any atom is 0.251 e. The van der Waals surface area contributed by atoms with Gasteiger partial charge in [0.15, 0.2) is 0 Å². The first kappa shape index (κ1) is 18.1. The van der Waals surface area contributed by atoms with Crippen LogP contribution in [0.25, 0.3) is 0 Å². The highest BCUT2D eigenvalue weighted by Gasteiger charge is 2.40. The van der Waals surface area contributed by atoms with Crippen LogP contribution in [0.2, 0.25) is 0 Å². The van der Waals surface area contributed by atoms with Crippen molar-refractivity contribution in [3.05, 3.63) is 35.4 Å². The lowest BCUT2D eigenvalue weighted by Crippen LogP contribution is -2.59. The van der Waals surface area contributed by atoms with Crippen molar-refractivity contribution < 1.29 is 9.53 Å². The van der Waals surface area contributed by atoms with E-state index in [9.17, 15) is 4.79 Å². The van der Waals surface area contributed by atoms with Gasteiger partial charge in [-0.05, 0) is 36.1 Å². The van der Waals surface area contributed by atoms with Crippen molar-refractivity contribution >= 4 is 29.4 Å². The van der Waals surface area contributed by atoms with Gasteiger partial charge in [0, 0.05) is 42.2 Å². The van der Waals surface area contributed by atoms with E-state index >= 15 is 0 Å². The minimum Gasteiger partial charge on any atom is -0.379 e. The van der Waals surface area contributed by atoms with Crippen LogP contribution < -0.4 is 5.32 Å². The topological polar surface area (TPSA) is 41.6 Å². The highest BCUT2D eigenvalue weighted by molar-refractivity contribution is 7.99. The number of morpholine rings is 1. The van der Waals surface area contributed by atoms with E-state index in [1.54, 1.807) is 11.8 Å². The molecular formula is C18H26N2O2S2. The summed E-state index contributed by atoms with van der Waals surface area (Å²) in [5, 5.41) is 3.19. The van der Waals surface area contributed by atoms with Crippen LogP contribution in [0, 0.1) is 0 Å². The summed E-state index contributed by atoms with van der Waals surface area (Å²) in [4.78, 5) is 15.1. The summed E-state index contributed by atoms with van der Waals surface area (Å²) < 4.78 is 5.49. The van der Waals surface area contributed by atoms with Crippen molar-refractivity contribution in [2.75, 3.05) is 50.6 Å². The standard InChI is InChI=1S/C18H26N2O2S2/c1-23-12-15-2-4-16(5-3-15)17(21)19-13-18(6-11-24-14-18)20-7-9-22-10-8-20/h2-5H,6-14H2,1H3,(H,19,21). The SMILES string of the molecule is CSCc1ccc(C(=O)NCC2(N3CCOCC3)CCSC2)cc1. The van der Waals surface area contributed by atoms with Crippen LogP contribution in [0.5, 0.6) is 0 Å². The Morgan fingerprint density at radius 1 is 1.33 bits per heavy atom. The maximum absolute atomic E-state index is 12.5. The zero-order chi connectivity index (χ0) is 16.8. The molecule has 1 atom stereocenters. The smallest absolute Gasteiger partial charge is 0.251 e. The molecule has 0 spiro atoms. The second-order valence-electron chi connectivity index (χ2n) is 6.44. The van der Waals surface area contributed by atoms with Crippen LogP contribution in [0.1, 0.15) is 22.3 Å². The van der Waals surface area contributed by atoms with Crippen LogP contribution in [0.4, 0.5) is 0 Å². The third-order valence-corrected chi connectivity index (χ3v) is 6.73. The molecule has 3 rings (SSSR count). The molecule has 4 nitrogen and oxygen atoms in total. The Bertz CT molecular complexity index is 538. The van der Waals surface area contributed by atoms with Gasteiger partial charge in [0.1, 0.15) is 0 Å². The highest BCUT2D eigenvalue weighted by Crippen LogP contribution is 2.33. The van der Waals surface area contributed by atoms with Gasteiger partial charge in [0.05, 0.1) is 13.2 Å². The summed E-state index contributed by atoms with van der Waals surface area (Å²) in [5.41, 5.74) is 2.11. The maximum atomic E-state index is 12.5. The summed E-state index contributed by atoms with van der Waals surface area (Å²) in [5.74, 6) is 3.30. The quantitative estimate of drug-likeness (QED) is 0.838. The van der Waals surface area contributed by atoms with Crippen LogP contribution in [-0.2, 0) is 10.5 Å². The van der Waals surface area contributed by atoms with Gasteiger partial charge in [-0.2, -0.15) is 23.5 Å². The van der Waals surface area contributed by atoms with Crippen molar-refractivity contribution in [3.63, 3.8) is 0 Å². The molecule has 0 aromatic heterocycles. The normalized spacial score (nSPS) is 24.9. The monoisotopic (exact) mass is 366 g/mol. The number of hydrogen-bond acceptors (Lipinski definition) is 5. The Hall–Kier alpha value is -0.690. The molecule has 2 heterocycles. The van der Waals surface area contributed by atoms with Crippen molar-refractivity contribution in [2.24, 2.45) is 0 Å². The number of amides is 1. The summed E-state index contributed by atoms with van der Waals surface area (Å²) in [6, 6.07) is 7.97. The van der Waals surface area contributed by atoms with E-state index in [4.69, 9.17) is 4.74 Å². The van der Waals surface area contributed by atoms with E-state index < -0.39 is 0 Å². The molecule has 1 amide bonds. The van der Waals surface area contributed by atoms with Gasteiger partial charge in [-0.3, -0.25) is 9.69 Å². The van der Waals surface area contributed by atoms with Crippen LogP contribution >= 0.6 is 23.5 Å². The lowest BCUT2D eigenvalue weighted by Gasteiger charge is -2.43. The molecule has 1 unspecified atom stereocenters. The number of benzene rings is 1. The number of carbonyl (C=O) groups excluding carboxylic acids is 1. The Balaban J connectivity index is 1.60. The number of nitrogens with zero attached hydrogens (tertiary/aromatic N) is 1. The predicted octanol–water partition coefficient (Wildman–Crippen LogP) is 2.49. The van der Waals surface area contributed by atoms with Gasteiger partial charge < -0.3 is 10.1 Å². The lowest BCUT2D eigenvalue weighted by atomic mass is 9.95. The number of rotatable bonds is 6. The first-order valence-corrected chi connectivity index (χ1v) is 11.0. The predicted molar refractivity (Wildman–Crippen MR) is 103 cm³/mol. The molecule has 1 N–H and O–H groups in total. The van der Waals surface area contributed by atoms with Crippen LogP contribution in [0.3, 0.4) is 0 Å². The molecule has 6 heteroatoms. The molecule has 1 aromatic carbocycles. The Labute approximate surface area is 153 Å². The van der Waals surface area contributed by atoms with Gasteiger partial charge in [-0.15, -0.1) is 0 Å². The number of ether oxygens (including phenoxy) is 1. The van der Waals surface area contributed by atoms with Gasteiger partial charge in [-0.25, -0.2) is 0 Å². The van der Waals surface area contributed by atoms with Crippen molar-refractivity contribution in [1.29, 1.82) is 0 Å². The number of hydrogen-bond donors (Lipinski definition) is 1. The average Bonchev–Trinajstić information content (AvgIpc) is 3.12. The fourth-order valence-electron chi connectivity index (χ4n) is 3.40. The first-order valence-electron chi connectivity index (χ1n) is 8.50. The minimum atomic E-state index is 0.0373. The highest BCUT2D eigenvalue weighted by atomic mass is 32.2. The largest absolute Gasteiger partial charge is 0.379 e. The lowest BCUT2D eigenvalue weighted by molar-refractivity contribution is -0.0129. The van der Waals surface area contributed by atoms with Gasteiger partial charge in [0.25, 0.3) is 5.91 Å². The summed E-state index contributed by atoms with van der Waals surface area (Å²) in [7, 11) is 0. The van der Waals surface area contributed by atoms with E-state index in [0.29, 0.717) is 0 Å². The van der Waals surface area contributed by atoms with E-state index in [1.165, 1.54) is 11.3 Å². The molecule has 0 bridgehead atoms. The van der Waals surface area contributed by atoms with Crippen LogP contribution in [0.15, 0.2) is 24.3 Å². The molecule has 1 aromatic rings. The molecule has 2 aliphatic rings. The molecule has 24 heavy (non-hydrogen) atoms. The second kappa shape index (κ2) is 8.61. The molecular weight excluding hydrogens is 340 g/mol. The van der Waals surface area contributed by atoms with Crippen LogP contribution in [-0.4, -0.2) is 67.0 Å². The molecule has 0 radical (unpaired) electrons. The number of thioether (sulfide) groups is 2. The minimum absolute atomic E-state index is 0.0373. The fraction of sp³-hybridized carbons (Fsp3) is 0.611. The summed E-state index contributed by atoms with van der Waals surface area (Å²) in [6.45, 7) is 4.28.